The first kappa shape index (κ1) is 16.8. The zero-order valence-corrected chi connectivity index (χ0v) is 11.8. The molecular weight excluding hydrogens is 263 g/mol. The van der Waals surface area contributed by atoms with Gasteiger partial charge in [-0.15, -0.1) is 0 Å². The van der Waals surface area contributed by atoms with Crippen LogP contribution < -0.4 is 0 Å². The average molecular weight is 284 g/mol. The molecule has 0 bridgehead atoms. The second-order valence-electron chi connectivity index (χ2n) is 4.25. The van der Waals surface area contributed by atoms with Crippen LogP contribution in [0.3, 0.4) is 0 Å². The molecule has 0 spiro atoms. The van der Waals surface area contributed by atoms with Crippen LogP contribution in [0, 0.1) is 5.82 Å². The zero-order chi connectivity index (χ0) is 14.6. The van der Waals surface area contributed by atoms with Gasteiger partial charge >= 0.3 is 0 Å². The molecule has 0 fully saturated rings. The maximum absolute atomic E-state index is 12.7. The molecular formula is C15H21FO4. The number of carbonyl (C=O) groups is 1. The van der Waals surface area contributed by atoms with Gasteiger partial charge in [-0.1, -0.05) is 0 Å². The lowest BCUT2D eigenvalue weighted by Crippen LogP contribution is -2.09. The number of methoxy groups -OCH3 is 1. The van der Waals surface area contributed by atoms with E-state index >= 15 is 0 Å². The third kappa shape index (κ3) is 7.33. The summed E-state index contributed by atoms with van der Waals surface area (Å²) in [6.45, 7) is 2.68. The second-order valence-corrected chi connectivity index (χ2v) is 4.25. The van der Waals surface area contributed by atoms with Crippen LogP contribution in [0.5, 0.6) is 0 Å². The van der Waals surface area contributed by atoms with E-state index in [4.69, 9.17) is 14.2 Å². The van der Waals surface area contributed by atoms with Crippen molar-refractivity contribution in [3.63, 3.8) is 0 Å². The van der Waals surface area contributed by atoms with Gasteiger partial charge in [0, 0.05) is 25.7 Å². The van der Waals surface area contributed by atoms with E-state index in [1.165, 1.54) is 24.3 Å². The van der Waals surface area contributed by atoms with Crippen LogP contribution in [-0.2, 0) is 14.2 Å². The highest BCUT2D eigenvalue weighted by Crippen LogP contribution is 2.07. The predicted octanol–water partition coefficient (Wildman–Crippen LogP) is 2.47. The number of hydrogen-bond donors (Lipinski definition) is 0. The summed E-state index contributed by atoms with van der Waals surface area (Å²) in [5, 5.41) is 0. The molecule has 0 atom stereocenters. The van der Waals surface area contributed by atoms with Crippen LogP contribution in [0.1, 0.15) is 23.2 Å². The number of rotatable bonds is 11. The van der Waals surface area contributed by atoms with E-state index in [0.29, 0.717) is 51.4 Å². The maximum Gasteiger partial charge on any atom is 0.162 e. The second kappa shape index (κ2) is 10.5. The number of carbonyl (C=O) groups excluding carboxylic acids is 1. The first-order valence-electron chi connectivity index (χ1n) is 6.67. The molecule has 0 aliphatic heterocycles. The minimum atomic E-state index is -0.335. The number of ether oxygens (including phenoxy) is 3. The van der Waals surface area contributed by atoms with Crippen LogP contribution in [0.2, 0.25) is 0 Å². The van der Waals surface area contributed by atoms with E-state index in [1.54, 1.807) is 7.11 Å². The van der Waals surface area contributed by atoms with Gasteiger partial charge in [-0.3, -0.25) is 4.79 Å². The van der Waals surface area contributed by atoms with Crippen molar-refractivity contribution in [1.29, 1.82) is 0 Å². The highest BCUT2D eigenvalue weighted by atomic mass is 19.1. The van der Waals surface area contributed by atoms with E-state index in [9.17, 15) is 9.18 Å². The molecule has 0 N–H and O–H groups in total. The number of hydrogen-bond acceptors (Lipinski definition) is 4. The molecule has 112 valence electrons. The maximum atomic E-state index is 12.7. The van der Waals surface area contributed by atoms with Crippen molar-refractivity contribution in [1.82, 2.24) is 0 Å². The molecule has 0 aliphatic carbocycles. The molecule has 1 aromatic rings. The molecule has 0 aromatic heterocycles. The molecule has 0 heterocycles. The monoisotopic (exact) mass is 284 g/mol. The Morgan fingerprint density at radius 1 is 1.00 bits per heavy atom. The smallest absolute Gasteiger partial charge is 0.162 e. The van der Waals surface area contributed by atoms with Crippen molar-refractivity contribution in [2.75, 3.05) is 40.1 Å². The lowest BCUT2D eigenvalue weighted by Gasteiger charge is -2.05. The molecule has 0 unspecified atom stereocenters. The van der Waals surface area contributed by atoms with E-state index in [1.807, 2.05) is 0 Å². The van der Waals surface area contributed by atoms with Crippen LogP contribution >= 0.6 is 0 Å². The quantitative estimate of drug-likeness (QED) is 0.462. The molecule has 20 heavy (non-hydrogen) atoms. The summed E-state index contributed by atoms with van der Waals surface area (Å²) in [5.74, 6) is -0.330. The van der Waals surface area contributed by atoms with Crippen molar-refractivity contribution in [2.24, 2.45) is 0 Å². The van der Waals surface area contributed by atoms with Crippen LogP contribution in [-0.4, -0.2) is 45.9 Å². The Bertz CT molecular complexity index is 378. The molecule has 0 saturated heterocycles. The van der Waals surface area contributed by atoms with E-state index in [-0.39, 0.29) is 11.6 Å². The first-order chi connectivity index (χ1) is 9.74. The Kier molecular flexibility index (Phi) is 8.78. The van der Waals surface area contributed by atoms with E-state index < -0.39 is 0 Å². The fourth-order valence-corrected chi connectivity index (χ4v) is 1.58. The van der Waals surface area contributed by atoms with Crippen molar-refractivity contribution in [3.8, 4) is 0 Å². The molecule has 0 amide bonds. The predicted molar refractivity (Wildman–Crippen MR) is 73.5 cm³/mol. The van der Waals surface area contributed by atoms with Gasteiger partial charge in [-0.25, -0.2) is 4.39 Å². The van der Waals surface area contributed by atoms with Crippen LogP contribution in [0.4, 0.5) is 4.39 Å². The summed E-state index contributed by atoms with van der Waals surface area (Å²) in [5.41, 5.74) is 0.536. The first-order valence-corrected chi connectivity index (χ1v) is 6.67. The van der Waals surface area contributed by atoms with E-state index in [0.717, 1.165) is 0 Å². The van der Waals surface area contributed by atoms with Crippen molar-refractivity contribution in [2.45, 2.75) is 12.8 Å². The number of Topliss-reactive ketones (excluding diaryl/α,β-unsaturated/α-hetero) is 1. The molecule has 5 heteroatoms. The molecule has 0 radical (unpaired) electrons. The number of halogens is 1. The Balaban J connectivity index is 2.01. The van der Waals surface area contributed by atoms with Crippen LogP contribution in [0.15, 0.2) is 24.3 Å². The number of ketones is 1. The fraction of sp³-hybridized carbons (Fsp3) is 0.533. The van der Waals surface area contributed by atoms with E-state index in [2.05, 4.69) is 0 Å². The summed E-state index contributed by atoms with van der Waals surface area (Å²) in [6, 6.07) is 5.59. The third-order valence-electron chi connectivity index (χ3n) is 2.66. The minimum absolute atomic E-state index is 0.00458. The summed E-state index contributed by atoms with van der Waals surface area (Å²) >= 11 is 0. The fourth-order valence-electron chi connectivity index (χ4n) is 1.58. The standard InChI is InChI=1S/C15H21FO4/c1-18-9-10-20-12-11-19-8-2-3-15(17)13-4-6-14(16)7-5-13/h4-7H,2-3,8-12H2,1H3. The third-order valence-corrected chi connectivity index (χ3v) is 2.66. The summed E-state index contributed by atoms with van der Waals surface area (Å²) in [6.07, 6.45) is 1.05. The highest BCUT2D eigenvalue weighted by Gasteiger charge is 2.05. The normalized spacial score (nSPS) is 10.7. The Morgan fingerprint density at radius 2 is 1.60 bits per heavy atom. The lowest BCUT2D eigenvalue weighted by molar-refractivity contribution is 0.0240. The highest BCUT2D eigenvalue weighted by molar-refractivity contribution is 5.95. The SMILES string of the molecule is COCCOCCOCCCC(=O)c1ccc(F)cc1. The summed E-state index contributed by atoms with van der Waals surface area (Å²) < 4.78 is 28.1. The lowest BCUT2D eigenvalue weighted by atomic mass is 10.1. The Hall–Kier alpha value is -1.30. The average Bonchev–Trinajstić information content (AvgIpc) is 2.46. The van der Waals surface area contributed by atoms with Crippen molar-refractivity contribution in [3.05, 3.63) is 35.6 Å². The number of benzene rings is 1. The van der Waals surface area contributed by atoms with Crippen LogP contribution in [0.25, 0.3) is 0 Å². The van der Waals surface area contributed by atoms with Gasteiger partial charge in [0.05, 0.1) is 26.4 Å². The Labute approximate surface area is 118 Å². The summed E-state index contributed by atoms with van der Waals surface area (Å²) in [4.78, 5) is 11.7. The largest absolute Gasteiger partial charge is 0.382 e. The van der Waals surface area contributed by atoms with Gasteiger partial charge in [-0.05, 0) is 30.7 Å². The van der Waals surface area contributed by atoms with Crippen molar-refractivity contribution >= 4 is 5.78 Å². The van der Waals surface area contributed by atoms with Crippen molar-refractivity contribution < 1.29 is 23.4 Å². The molecule has 0 aliphatic rings. The zero-order valence-electron chi connectivity index (χ0n) is 11.8. The van der Waals surface area contributed by atoms with Gasteiger partial charge in [0.15, 0.2) is 5.78 Å². The van der Waals surface area contributed by atoms with Gasteiger partial charge in [0.25, 0.3) is 0 Å². The molecule has 0 saturated carbocycles. The molecule has 4 nitrogen and oxygen atoms in total. The molecule has 1 rings (SSSR count). The van der Waals surface area contributed by atoms with Gasteiger partial charge in [0.2, 0.25) is 0 Å². The topological polar surface area (TPSA) is 44.8 Å². The van der Waals surface area contributed by atoms with Gasteiger partial charge in [-0.2, -0.15) is 0 Å². The minimum Gasteiger partial charge on any atom is -0.382 e. The molecule has 1 aromatic carbocycles. The summed E-state index contributed by atoms with van der Waals surface area (Å²) in [7, 11) is 1.62. The Morgan fingerprint density at radius 3 is 2.25 bits per heavy atom. The van der Waals surface area contributed by atoms with Gasteiger partial charge in [0.1, 0.15) is 5.82 Å². The van der Waals surface area contributed by atoms with Gasteiger partial charge < -0.3 is 14.2 Å².